The first kappa shape index (κ1) is 19.5. The number of hydrogen-bond acceptors (Lipinski definition) is 7. The van der Waals surface area contributed by atoms with Crippen LogP contribution in [0.4, 0.5) is 5.82 Å². The number of anilines is 1. The molecule has 0 aliphatic heterocycles. The lowest BCUT2D eigenvalue weighted by molar-refractivity contribution is 0.207. The Labute approximate surface area is 151 Å². The fourth-order valence-electron chi connectivity index (χ4n) is 2.48. The van der Waals surface area contributed by atoms with Crippen LogP contribution in [0.2, 0.25) is 0 Å². The molecule has 25 heavy (non-hydrogen) atoms. The molecule has 1 heterocycles. The molecule has 0 fully saturated rings. The minimum atomic E-state index is -3.63. The van der Waals surface area contributed by atoms with Crippen LogP contribution in [0.3, 0.4) is 0 Å². The maximum Gasteiger partial charge on any atom is 0.359 e. The molecule has 0 saturated heterocycles. The number of nitrogen functional groups attached to an aromatic ring is 1. The van der Waals surface area contributed by atoms with Crippen molar-refractivity contribution in [3.63, 3.8) is 0 Å². The number of hydrogen-bond donors (Lipinski definition) is 1. The van der Waals surface area contributed by atoms with Gasteiger partial charge in [0, 0.05) is 0 Å². The maximum atomic E-state index is 13.5. The van der Waals surface area contributed by atoms with Crippen LogP contribution in [0.15, 0.2) is 35.4 Å². The lowest BCUT2D eigenvalue weighted by atomic mass is 10.2. The van der Waals surface area contributed by atoms with Gasteiger partial charge in [0.05, 0.1) is 13.2 Å². The Balaban J connectivity index is 2.71. The molecule has 2 N–H and O–H groups in total. The maximum absolute atomic E-state index is 13.5. The van der Waals surface area contributed by atoms with Gasteiger partial charge in [0.15, 0.2) is 5.78 Å². The summed E-state index contributed by atoms with van der Waals surface area (Å²) in [6.07, 6.45) is 1.80. The number of nitriles is 1. The molecule has 2 rings (SSSR count). The first-order chi connectivity index (χ1) is 12.0. The summed E-state index contributed by atoms with van der Waals surface area (Å²) in [5.74, 6) is -0.734. The van der Waals surface area contributed by atoms with Crippen molar-refractivity contribution >= 4 is 25.2 Å². The Morgan fingerprint density at radius 3 is 2.36 bits per heavy atom. The second-order valence-electron chi connectivity index (χ2n) is 4.99. The third-order valence-electron chi connectivity index (χ3n) is 3.47. The predicted molar refractivity (Wildman–Crippen MR) is 98.6 cm³/mol. The van der Waals surface area contributed by atoms with Crippen LogP contribution in [0.5, 0.6) is 0 Å². The average Bonchev–Trinajstić information content (AvgIpc) is 2.92. The molecule has 134 valence electrons. The summed E-state index contributed by atoms with van der Waals surface area (Å²) in [4.78, 5) is 0. The van der Waals surface area contributed by atoms with Crippen molar-refractivity contribution in [2.24, 2.45) is 0 Å². The van der Waals surface area contributed by atoms with Crippen LogP contribution in [-0.4, -0.2) is 29.3 Å². The number of benzene rings is 1. The predicted octanol–water partition coefficient (Wildman–Crippen LogP) is 3.87. The van der Waals surface area contributed by atoms with E-state index in [2.05, 4.69) is 11.2 Å². The van der Waals surface area contributed by atoms with E-state index in [0.29, 0.717) is 10.6 Å². The smallest absolute Gasteiger partial charge is 0.359 e. The Kier molecular flexibility index (Phi) is 6.68. The van der Waals surface area contributed by atoms with Crippen molar-refractivity contribution in [1.82, 2.24) is 9.78 Å². The van der Waals surface area contributed by atoms with E-state index in [4.69, 9.17) is 14.8 Å². The van der Waals surface area contributed by atoms with Crippen LogP contribution in [-0.2, 0) is 13.6 Å². The molecule has 2 aromatic rings. The minimum absolute atomic E-state index is 0.139. The summed E-state index contributed by atoms with van der Waals surface area (Å²) in [5.41, 5.74) is 7.09. The van der Waals surface area contributed by atoms with Gasteiger partial charge in [-0.05, 0) is 25.7 Å². The molecular formula is C16H21N4O3PS. The van der Waals surface area contributed by atoms with Gasteiger partial charge in [0.25, 0.3) is 0 Å². The first-order valence-corrected chi connectivity index (χ1v) is 10.6. The summed E-state index contributed by atoms with van der Waals surface area (Å²) < 4.78 is 26.0. The monoisotopic (exact) mass is 380 g/mol. The van der Waals surface area contributed by atoms with Crippen LogP contribution < -0.4 is 5.73 Å². The van der Waals surface area contributed by atoms with E-state index in [-0.39, 0.29) is 24.6 Å². The van der Waals surface area contributed by atoms with Crippen LogP contribution in [0.25, 0.3) is 0 Å². The van der Waals surface area contributed by atoms with Gasteiger partial charge in [0.2, 0.25) is 0 Å². The van der Waals surface area contributed by atoms with E-state index in [1.165, 1.54) is 16.4 Å². The van der Waals surface area contributed by atoms with Crippen LogP contribution >= 0.6 is 19.4 Å². The lowest BCUT2D eigenvalue weighted by Crippen LogP contribution is -2.18. The molecule has 0 spiro atoms. The van der Waals surface area contributed by atoms with Crippen molar-refractivity contribution in [3.8, 4) is 6.07 Å². The van der Waals surface area contributed by atoms with E-state index in [1.807, 2.05) is 18.2 Å². The van der Waals surface area contributed by atoms with Gasteiger partial charge in [0.1, 0.15) is 22.5 Å². The van der Waals surface area contributed by atoms with E-state index >= 15 is 0 Å². The van der Waals surface area contributed by atoms with E-state index < -0.39 is 13.4 Å². The highest BCUT2D eigenvalue weighted by molar-refractivity contribution is 7.98. The standard InChI is InChI=1S/C16H21N4O3PS/c1-4-22-24(21,23-5-2)16(12-9-7-6-8-10-12)20-14(18)13(11-17)15(19-20)25-3/h6-10,16H,4-5,18H2,1-3H3. The van der Waals surface area contributed by atoms with Crippen molar-refractivity contribution in [2.75, 3.05) is 25.2 Å². The Bertz CT molecular complexity index is 794. The third kappa shape index (κ3) is 3.91. The number of rotatable bonds is 8. The van der Waals surface area contributed by atoms with Gasteiger partial charge >= 0.3 is 7.60 Å². The highest BCUT2D eigenvalue weighted by Crippen LogP contribution is 2.62. The lowest BCUT2D eigenvalue weighted by Gasteiger charge is -2.27. The topological polar surface area (TPSA) is 103 Å². The Morgan fingerprint density at radius 1 is 1.32 bits per heavy atom. The van der Waals surface area contributed by atoms with Gasteiger partial charge in [-0.15, -0.1) is 11.8 Å². The fourth-order valence-corrected chi connectivity index (χ4v) is 5.06. The molecule has 0 aliphatic carbocycles. The van der Waals surface area contributed by atoms with Crippen molar-refractivity contribution in [3.05, 3.63) is 41.5 Å². The second kappa shape index (κ2) is 8.54. The summed E-state index contributed by atoms with van der Waals surface area (Å²) in [5, 5.41) is 14.3. The zero-order valence-corrected chi connectivity index (χ0v) is 16.1. The van der Waals surface area contributed by atoms with E-state index in [1.54, 1.807) is 32.2 Å². The largest absolute Gasteiger partial charge is 0.383 e. The van der Waals surface area contributed by atoms with Crippen LogP contribution in [0, 0.1) is 11.3 Å². The average molecular weight is 380 g/mol. The molecule has 0 bridgehead atoms. The SMILES string of the molecule is CCOP(=O)(OCC)C(c1ccccc1)n1nc(SC)c(C#N)c1N. The highest BCUT2D eigenvalue weighted by atomic mass is 32.2. The molecule has 7 nitrogen and oxygen atoms in total. The molecule has 1 aromatic carbocycles. The zero-order valence-electron chi connectivity index (χ0n) is 14.4. The van der Waals surface area contributed by atoms with Crippen molar-refractivity contribution < 1.29 is 13.6 Å². The molecule has 1 atom stereocenters. The summed E-state index contributed by atoms with van der Waals surface area (Å²) in [6, 6.07) is 11.2. The van der Waals surface area contributed by atoms with Gasteiger partial charge in [-0.3, -0.25) is 4.57 Å². The molecule has 0 radical (unpaired) electrons. The molecular weight excluding hydrogens is 359 g/mol. The molecule has 1 aromatic heterocycles. The molecule has 0 aliphatic rings. The Hall–Kier alpha value is -1.78. The molecule has 1 unspecified atom stereocenters. The van der Waals surface area contributed by atoms with Gasteiger partial charge < -0.3 is 14.8 Å². The van der Waals surface area contributed by atoms with Gasteiger partial charge in [-0.2, -0.15) is 10.4 Å². The number of nitrogens with two attached hydrogens (primary N) is 1. The summed E-state index contributed by atoms with van der Waals surface area (Å²) >= 11 is 1.30. The van der Waals surface area contributed by atoms with Gasteiger partial charge in [-0.1, -0.05) is 30.3 Å². The highest BCUT2D eigenvalue weighted by Gasteiger charge is 2.41. The van der Waals surface area contributed by atoms with E-state index in [9.17, 15) is 9.83 Å². The summed E-state index contributed by atoms with van der Waals surface area (Å²) in [7, 11) is -3.63. The van der Waals surface area contributed by atoms with Crippen molar-refractivity contribution in [2.45, 2.75) is 24.7 Å². The summed E-state index contributed by atoms with van der Waals surface area (Å²) in [6.45, 7) is 3.91. The normalized spacial score (nSPS) is 12.7. The molecule has 0 amide bonds. The number of aromatic nitrogens is 2. The fraction of sp³-hybridized carbons (Fsp3) is 0.375. The van der Waals surface area contributed by atoms with Gasteiger partial charge in [-0.25, -0.2) is 4.68 Å². The third-order valence-corrected chi connectivity index (χ3v) is 6.49. The van der Waals surface area contributed by atoms with Crippen LogP contribution in [0.1, 0.15) is 30.8 Å². The second-order valence-corrected chi connectivity index (χ2v) is 7.87. The number of nitrogens with zero attached hydrogens (tertiary/aromatic N) is 3. The minimum Gasteiger partial charge on any atom is -0.383 e. The zero-order chi connectivity index (χ0) is 18.4. The first-order valence-electron chi connectivity index (χ1n) is 7.78. The number of thioether (sulfide) groups is 1. The molecule has 9 heteroatoms. The molecule has 0 saturated carbocycles. The van der Waals surface area contributed by atoms with Crippen molar-refractivity contribution in [1.29, 1.82) is 5.26 Å². The quantitative estimate of drug-likeness (QED) is 0.547. The van der Waals surface area contributed by atoms with E-state index in [0.717, 1.165) is 0 Å². The Morgan fingerprint density at radius 2 is 1.92 bits per heavy atom.